The van der Waals surface area contributed by atoms with E-state index in [-0.39, 0.29) is 18.1 Å². The Morgan fingerprint density at radius 2 is 1.47 bits per heavy atom. The zero-order valence-corrected chi connectivity index (χ0v) is 26.9. The van der Waals surface area contributed by atoms with Gasteiger partial charge in [0, 0.05) is 12.3 Å². The predicted molar refractivity (Wildman–Crippen MR) is 178 cm³/mol. The van der Waals surface area contributed by atoms with Crippen molar-refractivity contribution in [3.8, 4) is 5.75 Å². The highest BCUT2D eigenvalue weighted by molar-refractivity contribution is 5.45. The second-order valence-electron chi connectivity index (χ2n) is 14.8. The molecule has 2 aromatic carbocycles. The van der Waals surface area contributed by atoms with Gasteiger partial charge in [0.25, 0.3) is 0 Å². The monoisotopic (exact) mass is 589 g/mol. The van der Waals surface area contributed by atoms with Gasteiger partial charge in [-0.25, -0.2) is 0 Å². The smallest absolute Gasteiger partial charge is 0.115 e. The molecule has 238 valence electrons. The fourth-order valence-corrected chi connectivity index (χ4v) is 9.53. The number of nitrogen functional groups attached to an aromatic ring is 1. The third-order valence-corrected chi connectivity index (χ3v) is 11.8. The van der Waals surface area contributed by atoms with Crippen LogP contribution in [-0.4, -0.2) is 28.0 Å². The maximum absolute atomic E-state index is 11.5. The molecular weight excluding hydrogens is 530 g/mol. The quantitative estimate of drug-likeness (QED) is 0.116. The highest BCUT2D eigenvalue weighted by atomic mass is 16.3. The van der Waals surface area contributed by atoms with E-state index in [0.717, 1.165) is 30.5 Å². The number of phenols is 1. The number of anilines is 1. The predicted octanol–water partition coefficient (Wildman–Crippen LogP) is 8.88. The van der Waals surface area contributed by atoms with Crippen molar-refractivity contribution in [3.05, 3.63) is 58.7 Å². The molecule has 0 aliphatic heterocycles. The van der Waals surface area contributed by atoms with Gasteiger partial charge in [0.2, 0.25) is 0 Å². The molecule has 0 heterocycles. The molecular formula is C39H59NO3. The number of hydrogen-bond acceptors (Lipinski definition) is 4. The number of benzene rings is 2. The van der Waals surface area contributed by atoms with Crippen LogP contribution in [0.25, 0.3) is 0 Å². The molecule has 2 aromatic rings. The van der Waals surface area contributed by atoms with Crippen molar-refractivity contribution in [1.29, 1.82) is 0 Å². The average Bonchev–Trinajstić information content (AvgIpc) is 3.24. The van der Waals surface area contributed by atoms with Crippen LogP contribution in [0.15, 0.2) is 36.4 Å². The van der Waals surface area contributed by atoms with E-state index in [1.54, 1.807) is 0 Å². The van der Waals surface area contributed by atoms with Crippen LogP contribution in [0.5, 0.6) is 5.75 Å². The Morgan fingerprint density at radius 1 is 0.814 bits per heavy atom. The minimum atomic E-state index is -0.130. The number of rotatable bonds is 16. The minimum absolute atomic E-state index is 0.0969. The Balaban J connectivity index is 0.912. The lowest BCUT2D eigenvalue weighted by molar-refractivity contribution is -0.0335. The molecule has 0 bridgehead atoms. The molecule has 0 radical (unpaired) electrons. The highest BCUT2D eigenvalue weighted by Crippen LogP contribution is 2.62. The molecule has 3 aliphatic rings. The maximum Gasteiger partial charge on any atom is 0.115 e. The van der Waals surface area contributed by atoms with Crippen LogP contribution in [0.1, 0.15) is 138 Å². The number of fused-ring (bicyclic) bond motifs is 5. The Bertz CT molecular complexity index is 1160. The largest absolute Gasteiger partial charge is 0.508 e. The second-order valence-corrected chi connectivity index (χ2v) is 14.8. The summed E-state index contributed by atoms with van der Waals surface area (Å²) in [4.78, 5) is 0. The van der Waals surface area contributed by atoms with E-state index in [0.29, 0.717) is 35.8 Å². The van der Waals surface area contributed by atoms with Crippen LogP contribution in [0.2, 0.25) is 0 Å². The van der Waals surface area contributed by atoms with E-state index >= 15 is 0 Å². The first-order chi connectivity index (χ1) is 20.9. The van der Waals surface area contributed by atoms with E-state index in [1.165, 1.54) is 113 Å². The molecule has 3 aliphatic carbocycles. The van der Waals surface area contributed by atoms with Gasteiger partial charge in [-0.3, -0.25) is 0 Å². The molecule has 4 heteroatoms. The van der Waals surface area contributed by atoms with Crippen LogP contribution in [0, 0.1) is 23.2 Å². The van der Waals surface area contributed by atoms with Gasteiger partial charge in [0.15, 0.2) is 0 Å². The van der Waals surface area contributed by atoms with E-state index in [2.05, 4.69) is 25.1 Å². The first-order valence-electron chi connectivity index (χ1n) is 17.9. The standard InChI is InChI=1S/C39H59NO3/c1-39-21-19-35-34-18-16-33(42)26-30(34)15-17-36(35)37(39)27-31(38(39)43)14-12-10-8-6-4-2-3-5-7-9-11-13-28-23-29(20-22-41)25-32(40)24-28/h16,18,23-26,31,35-38,41-43H,2-15,17,19-22,27,40H2,1H3/t31-,35+,36+,37-,38-,39-/m0/s1. The van der Waals surface area contributed by atoms with Crippen LogP contribution in [0.3, 0.4) is 0 Å². The van der Waals surface area contributed by atoms with Gasteiger partial charge in [0.05, 0.1) is 6.10 Å². The third-order valence-electron chi connectivity index (χ3n) is 11.8. The summed E-state index contributed by atoms with van der Waals surface area (Å²) in [5.74, 6) is 2.85. The summed E-state index contributed by atoms with van der Waals surface area (Å²) in [6.45, 7) is 2.58. The molecule has 0 saturated heterocycles. The van der Waals surface area contributed by atoms with E-state index in [1.807, 2.05) is 18.2 Å². The Hall–Kier alpha value is -2.04. The van der Waals surface area contributed by atoms with Crippen molar-refractivity contribution < 1.29 is 15.3 Å². The summed E-state index contributed by atoms with van der Waals surface area (Å²) in [6.07, 6.45) is 23.3. The lowest BCUT2D eigenvalue weighted by Gasteiger charge is -2.50. The summed E-state index contributed by atoms with van der Waals surface area (Å²) in [5.41, 5.74) is 12.2. The number of aliphatic hydroxyl groups excluding tert-OH is 2. The SMILES string of the molecule is C[C@]12CC[C@@H]3c4ccc(O)cc4CC[C@H]3[C@@H]1C[C@H](CCCCCCCCCCCCCc1cc(N)cc(CCO)c1)[C@@H]2O. The molecule has 43 heavy (non-hydrogen) atoms. The number of aryl methyl sites for hydroxylation is 2. The zero-order chi connectivity index (χ0) is 30.2. The van der Waals surface area contributed by atoms with Crippen molar-refractivity contribution in [2.45, 2.75) is 141 Å². The van der Waals surface area contributed by atoms with Crippen LogP contribution < -0.4 is 5.73 Å². The highest BCUT2D eigenvalue weighted by Gasteiger charge is 2.57. The summed E-state index contributed by atoms with van der Waals surface area (Å²) in [7, 11) is 0. The molecule has 4 nitrogen and oxygen atoms in total. The fraction of sp³-hybridized carbons (Fsp3) is 0.692. The normalized spacial score (nSPS) is 27.9. The number of aromatic hydroxyl groups is 1. The van der Waals surface area contributed by atoms with Crippen LogP contribution >= 0.6 is 0 Å². The molecule has 0 spiro atoms. The van der Waals surface area contributed by atoms with Crippen molar-refractivity contribution in [1.82, 2.24) is 0 Å². The molecule has 2 fully saturated rings. The summed E-state index contributed by atoms with van der Waals surface area (Å²) in [5, 5.41) is 30.6. The summed E-state index contributed by atoms with van der Waals surface area (Å²) in [6, 6.07) is 12.3. The molecule has 0 unspecified atom stereocenters. The first kappa shape index (κ1) is 32.4. The minimum Gasteiger partial charge on any atom is -0.508 e. The number of nitrogens with two attached hydrogens (primary N) is 1. The van der Waals surface area contributed by atoms with E-state index in [9.17, 15) is 15.3 Å². The lowest BCUT2D eigenvalue weighted by Crippen LogP contribution is -2.44. The first-order valence-corrected chi connectivity index (χ1v) is 17.9. The molecule has 0 aromatic heterocycles. The van der Waals surface area contributed by atoms with Crippen molar-refractivity contribution in [2.24, 2.45) is 23.2 Å². The van der Waals surface area contributed by atoms with E-state index < -0.39 is 0 Å². The molecule has 5 N–H and O–H groups in total. The van der Waals surface area contributed by atoms with Gasteiger partial charge < -0.3 is 21.1 Å². The van der Waals surface area contributed by atoms with Crippen molar-refractivity contribution in [2.75, 3.05) is 12.3 Å². The van der Waals surface area contributed by atoms with Crippen LogP contribution in [0.4, 0.5) is 5.69 Å². The van der Waals surface area contributed by atoms with Crippen molar-refractivity contribution in [3.63, 3.8) is 0 Å². The van der Waals surface area contributed by atoms with Gasteiger partial charge in [-0.2, -0.15) is 0 Å². The molecule has 0 amide bonds. The second kappa shape index (κ2) is 15.3. The number of unbranched alkanes of at least 4 members (excludes halogenated alkanes) is 10. The lowest BCUT2D eigenvalue weighted by atomic mass is 9.55. The van der Waals surface area contributed by atoms with E-state index in [4.69, 9.17) is 5.73 Å². The number of aliphatic hydroxyl groups is 2. The van der Waals surface area contributed by atoms with Gasteiger partial charge in [-0.05, 0) is 133 Å². The summed E-state index contributed by atoms with van der Waals surface area (Å²) < 4.78 is 0. The zero-order valence-electron chi connectivity index (χ0n) is 26.9. The molecule has 5 rings (SSSR count). The Labute approximate surface area is 261 Å². The number of hydrogen-bond donors (Lipinski definition) is 4. The fourth-order valence-electron chi connectivity index (χ4n) is 9.53. The van der Waals surface area contributed by atoms with Crippen LogP contribution in [-0.2, 0) is 19.3 Å². The Morgan fingerprint density at radius 3 is 2.16 bits per heavy atom. The Kier molecular flexibility index (Phi) is 11.5. The summed E-state index contributed by atoms with van der Waals surface area (Å²) >= 11 is 0. The third kappa shape index (κ3) is 7.98. The van der Waals surface area contributed by atoms with Crippen molar-refractivity contribution >= 4 is 5.69 Å². The van der Waals surface area contributed by atoms with Gasteiger partial charge >= 0.3 is 0 Å². The van der Waals surface area contributed by atoms with Gasteiger partial charge in [-0.15, -0.1) is 0 Å². The molecule has 6 atom stereocenters. The molecule has 2 saturated carbocycles. The van der Waals surface area contributed by atoms with Gasteiger partial charge in [-0.1, -0.05) is 83.3 Å². The number of phenolic OH excluding ortho intramolecular Hbond substituents is 1. The van der Waals surface area contributed by atoms with Gasteiger partial charge in [0.1, 0.15) is 5.75 Å². The maximum atomic E-state index is 11.5. The topological polar surface area (TPSA) is 86.7 Å². The average molecular weight is 590 g/mol.